The molecule has 0 bridgehead atoms. The number of rotatable bonds is 8. The number of hydrogen-bond donors (Lipinski definition) is 2. The third kappa shape index (κ3) is 3.58. The number of fused-ring (bicyclic) bond motifs is 2. The highest BCUT2D eigenvalue weighted by molar-refractivity contribution is 6.30. The SMILES string of the molecule is C=CCC(Cc1cc(O)c2c(c1)C(=O)c1cccc(O)c1C2=O)(C(C)=O)C(=O)CCC. The van der Waals surface area contributed by atoms with Crippen LogP contribution in [0, 0.1) is 5.41 Å². The highest BCUT2D eigenvalue weighted by Gasteiger charge is 2.42. The quantitative estimate of drug-likeness (QED) is 0.422. The van der Waals surface area contributed by atoms with Gasteiger partial charge in [-0.2, -0.15) is 0 Å². The van der Waals surface area contributed by atoms with Crippen molar-refractivity contribution in [3.8, 4) is 11.5 Å². The van der Waals surface area contributed by atoms with Crippen molar-refractivity contribution in [3.63, 3.8) is 0 Å². The van der Waals surface area contributed by atoms with Gasteiger partial charge in [-0.05, 0) is 49.9 Å². The van der Waals surface area contributed by atoms with Gasteiger partial charge < -0.3 is 10.2 Å². The zero-order valence-electron chi connectivity index (χ0n) is 17.5. The van der Waals surface area contributed by atoms with Crippen LogP contribution in [0.2, 0.25) is 0 Å². The molecule has 160 valence electrons. The molecule has 3 rings (SSSR count). The Kier molecular flexibility index (Phi) is 5.93. The molecular formula is C25H24O6. The molecule has 0 amide bonds. The number of phenols is 2. The third-order valence-corrected chi connectivity index (χ3v) is 5.85. The van der Waals surface area contributed by atoms with Crippen LogP contribution in [-0.2, 0) is 16.0 Å². The van der Waals surface area contributed by atoms with E-state index in [1.54, 1.807) is 0 Å². The Morgan fingerprint density at radius 2 is 1.71 bits per heavy atom. The Morgan fingerprint density at radius 1 is 1.03 bits per heavy atom. The summed E-state index contributed by atoms with van der Waals surface area (Å²) in [5.74, 6) is -2.49. The van der Waals surface area contributed by atoms with E-state index in [1.807, 2.05) is 6.92 Å². The van der Waals surface area contributed by atoms with Crippen LogP contribution in [0.5, 0.6) is 11.5 Å². The van der Waals surface area contributed by atoms with E-state index >= 15 is 0 Å². The molecule has 0 saturated carbocycles. The summed E-state index contributed by atoms with van der Waals surface area (Å²) in [6, 6.07) is 6.94. The fraction of sp³-hybridized carbons (Fsp3) is 0.280. The van der Waals surface area contributed by atoms with Crippen LogP contribution in [0.1, 0.15) is 70.5 Å². The van der Waals surface area contributed by atoms with Crippen LogP contribution in [-0.4, -0.2) is 33.3 Å². The predicted molar refractivity (Wildman–Crippen MR) is 115 cm³/mol. The Balaban J connectivity index is 2.14. The molecule has 1 atom stereocenters. The maximum absolute atomic E-state index is 13.0. The lowest BCUT2D eigenvalue weighted by Gasteiger charge is -2.29. The largest absolute Gasteiger partial charge is 0.507 e. The van der Waals surface area contributed by atoms with Crippen LogP contribution in [0.4, 0.5) is 0 Å². The van der Waals surface area contributed by atoms with Gasteiger partial charge in [-0.3, -0.25) is 19.2 Å². The first-order valence-corrected chi connectivity index (χ1v) is 10.1. The molecule has 0 aliphatic heterocycles. The first-order valence-electron chi connectivity index (χ1n) is 10.1. The summed E-state index contributed by atoms with van der Waals surface area (Å²) in [5, 5.41) is 20.7. The first-order chi connectivity index (χ1) is 14.7. The molecule has 0 heterocycles. The topological polar surface area (TPSA) is 109 Å². The van der Waals surface area contributed by atoms with Crippen molar-refractivity contribution >= 4 is 23.1 Å². The number of hydrogen-bond acceptors (Lipinski definition) is 6. The minimum atomic E-state index is -1.35. The van der Waals surface area contributed by atoms with Crippen molar-refractivity contribution in [1.29, 1.82) is 0 Å². The van der Waals surface area contributed by atoms with Crippen LogP contribution >= 0.6 is 0 Å². The zero-order chi connectivity index (χ0) is 22.9. The van der Waals surface area contributed by atoms with Crippen molar-refractivity contribution in [3.05, 3.63) is 70.8 Å². The summed E-state index contributed by atoms with van der Waals surface area (Å²) in [7, 11) is 0. The number of aromatic hydroxyl groups is 2. The van der Waals surface area contributed by atoms with Crippen LogP contribution in [0.15, 0.2) is 43.0 Å². The zero-order valence-corrected chi connectivity index (χ0v) is 17.5. The Morgan fingerprint density at radius 3 is 2.32 bits per heavy atom. The van der Waals surface area contributed by atoms with E-state index in [2.05, 4.69) is 6.58 Å². The minimum Gasteiger partial charge on any atom is -0.507 e. The number of allylic oxidation sites excluding steroid dienone is 1. The van der Waals surface area contributed by atoms with E-state index < -0.39 is 22.7 Å². The third-order valence-electron chi connectivity index (χ3n) is 5.85. The highest BCUT2D eigenvalue weighted by Crippen LogP contribution is 2.39. The molecule has 6 nitrogen and oxygen atoms in total. The molecule has 2 N–H and O–H groups in total. The summed E-state index contributed by atoms with van der Waals surface area (Å²) in [4.78, 5) is 51.4. The second-order valence-electron chi connectivity index (χ2n) is 7.88. The second kappa shape index (κ2) is 8.30. The van der Waals surface area contributed by atoms with Crippen LogP contribution in [0.3, 0.4) is 0 Å². The molecule has 31 heavy (non-hydrogen) atoms. The van der Waals surface area contributed by atoms with Gasteiger partial charge in [-0.15, -0.1) is 6.58 Å². The highest BCUT2D eigenvalue weighted by atomic mass is 16.3. The van der Waals surface area contributed by atoms with Gasteiger partial charge in [0.05, 0.1) is 16.5 Å². The average Bonchev–Trinajstić information content (AvgIpc) is 2.71. The van der Waals surface area contributed by atoms with E-state index in [-0.39, 0.29) is 58.8 Å². The van der Waals surface area contributed by atoms with Gasteiger partial charge >= 0.3 is 0 Å². The van der Waals surface area contributed by atoms with Gasteiger partial charge in [0.2, 0.25) is 5.78 Å². The van der Waals surface area contributed by atoms with Gasteiger partial charge in [0.25, 0.3) is 0 Å². The number of Topliss-reactive ketones (excluding diaryl/α,β-unsaturated/α-hetero) is 2. The van der Waals surface area contributed by atoms with Gasteiger partial charge in [-0.1, -0.05) is 25.1 Å². The summed E-state index contributed by atoms with van der Waals surface area (Å²) >= 11 is 0. The number of carbonyl (C=O) groups is 4. The minimum absolute atomic E-state index is 0.0166. The van der Waals surface area contributed by atoms with E-state index in [0.29, 0.717) is 12.0 Å². The molecule has 0 saturated heterocycles. The van der Waals surface area contributed by atoms with Crippen LogP contribution < -0.4 is 0 Å². The first kappa shape index (κ1) is 22.2. The summed E-state index contributed by atoms with van der Waals surface area (Å²) in [5.41, 5.74) is -1.28. The number of carbonyl (C=O) groups excluding carboxylic acids is 4. The molecule has 6 heteroatoms. The molecular weight excluding hydrogens is 396 g/mol. The van der Waals surface area contributed by atoms with Gasteiger partial charge in [-0.25, -0.2) is 0 Å². The summed E-state index contributed by atoms with van der Waals surface area (Å²) in [6.45, 7) is 6.87. The fourth-order valence-corrected chi connectivity index (χ4v) is 4.25. The number of benzene rings is 2. The normalized spacial score (nSPS) is 14.4. The maximum atomic E-state index is 13.0. The predicted octanol–water partition coefficient (Wildman–Crippen LogP) is 3.94. The van der Waals surface area contributed by atoms with Crippen molar-refractivity contribution in [1.82, 2.24) is 0 Å². The summed E-state index contributed by atoms with van der Waals surface area (Å²) in [6.07, 6.45) is 2.41. The fourth-order valence-electron chi connectivity index (χ4n) is 4.25. The molecule has 1 aliphatic carbocycles. The van der Waals surface area contributed by atoms with Crippen molar-refractivity contribution in [2.24, 2.45) is 5.41 Å². The van der Waals surface area contributed by atoms with E-state index in [4.69, 9.17) is 0 Å². The molecule has 1 unspecified atom stereocenters. The number of ketones is 4. The van der Waals surface area contributed by atoms with Gasteiger partial charge in [0.1, 0.15) is 23.1 Å². The second-order valence-corrected chi connectivity index (χ2v) is 7.88. The smallest absolute Gasteiger partial charge is 0.201 e. The molecule has 2 aromatic carbocycles. The lowest BCUT2D eigenvalue weighted by molar-refractivity contribution is -0.139. The molecule has 0 spiro atoms. The average molecular weight is 420 g/mol. The molecule has 0 aromatic heterocycles. The molecule has 1 aliphatic rings. The van der Waals surface area contributed by atoms with Crippen molar-refractivity contribution < 1.29 is 29.4 Å². The van der Waals surface area contributed by atoms with Crippen LogP contribution in [0.25, 0.3) is 0 Å². The molecule has 0 radical (unpaired) electrons. The maximum Gasteiger partial charge on any atom is 0.201 e. The standard InChI is InChI=1S/C25H24O6/c1-4-7-20(29)25(10-5-2,14(3)26)13-15-11-17-22(19(28)12-15)24(31)21-16(23(17)30)8-6-9-18(21)27/h5-6,8-9,11-12,27-28H,2,4,7,10,13H2,1,3H3. The van der Waals surface area contributed by atoms with Crippen molar-refractivity contribution in [2.45, 2.75) is 39.5 Å². The monoisotopic (exact) mass is 420 g/mol. The van der Waals surface area contributed by atoms with Gasteiger partial charge in [0, 0.05) is 17.5 Å². The lowest BCUT2D eigenvalue weighted by atomic mass is 9.70. The number of phenolic OH excluding ortho intramolecular Hbond substituents is 2. The molecule has 0 fully saturated rings. The molecule has 2 aromatic rings. The summed E-state index contributed by atoms with van der Waals surface area (Å²) < 4.78 is 0. The van der Waals surface area contributed by atoms with Crippen molar-refractivity contribution in [2.75, 3.05) is 0 Å². The Labute approximate surface area is 180 Å². The Bertz CT molecular complexity index is 1130. The van der Waals surface area contributed by atoms with E-state index in [1.165, 1.54) is 43.3 Å². The lowest BCUT2D eigenvalue weighted by Crippen LogP contribution is -2.40. The van der Waals surface area contributed by atoms with Gasteiger partial charge in [0.15, 0.2) is 5.78 Å². The van der Waals surface area contributed by atoms with E-state index in [9.17, 15) is 29.4 Å². The Hall–Kier alpha value is -3.54. The van der Waals surface area contributed by atoms with E-state index in [0.717, 1.165) is 0 Å².